The first-order valence-electron chi connectivity index (χ1n) is 14.7. The number of benzene rings is 2. The average molecular weight is 684 g/mol. The lowest BCUT2D eigenvalue weighted by molar-refractivity contribution is -0.158. The van der Waals surface area contributed by atoms with Crippen LogP contribution >= 0.6 is 23.2 Å². The van der Waals surface area contributed by atoms with Crippen molar-refractivity contribution in [2.45, 2.75) is 69.2 Å². The normalized spacial score (nSPS) is 20.3. The quantitative estimate of drug-likeness (QED) is 0.225. The number of rotatable bonds is 7. The molecule has 46 heavy (non-hydrogen) atoms. The largest absolute Gasteiger partial charge is 0.459 e. The summed E-state index contributed by atoms with van der Waals surface area (Å²) in [6, 6.07) is 11.2. The van der Waals surface area contributed by atoms with Crippen molar-refractivity contribution in [2.75, 3.05) is 11.4 Å². The smallest absolute Gasteiger partial charge is 0.324 e. The Morgan fingerprint density at radius 2 is 1.67 bits per heavy atom. The molecule has 2 atom stereocenters. The van der Waals surface area contributed by atoms with Crippen LogP contribution in [0.3, 0.4) is 0 Å². The zero-order chi connectivity index (χ0) is 33.0. The van der Waals surface area contributed by atoms with E-state index >= 15 is 0 Å². The Morgan fingerprint density at radius 3 is 2.30 bits per heavy atom. The van der Waals surface area contributed by atoms with Crippen LogP contribution in [0.15, 0.2) is 72.4 Å². The van der Waals surface area contributed by atoms with Gasteiger partial charge in [-0.25, -0.2) is 28.3 Å². The number of aromatic nitrogens is 4. The van der Waals surface area contributed by atoms with Crippen LogP contribution < -0.4 is 4.90 Å². The number of carbonyl (C=O) groups is 2. The molecule has 14 heteroatoms. The molecule has 0 N–H and O–H groups in total. The fraction of sp³-hybridized carbons (Fsp3) is 0.344. The molecule has 0 spiro atoms. The second kappa shape index (κ2) is 11.8. The van der Waals surface area contributed by atoms with Crippen LogP contribution in [0.2, 0.25) is 10.0 Å². The fourth-order valence-electron chi connectivity index (χ4n) is 6.03. The van der Waals surface area contributed by atoms with Gasteiger partial charge in [0.15, 0.2) is 5.03 Å². The molecule has 0 unspecified atom stereocenters. The van der Waals surface area contributed by atoms with Crippen molar-refractivity contribution in [3.8, 4) is 11.1 Å². The third kappa shape index (κ3) is 5.79. The fourth-order valence-corrected chi connectivity index (χ4v) is 8.38. The maximum Gasteiger partial charge on any atom is 0.324 e. The molecule has 1 saturated heterocycles. The summed E-state index contributed by atoms with van der Waals surface area (Å²) < 4.78 is 37.0. The highest BCUT2D eigenvalue weighted by atomic mass is 35.5. The van der Waals surface area contributed by atoms with Gasteiger partial charge in [-0.2, -0.15) is 4.31 Å². The average Bonchev–Trinajstić information content (AvgIpc) is 3.70. The summed E-state index contributed by atoms with van der Waals surface area (Å²) in [7, 11) is -4.33. The van der Waals surface area contributed by atoms with E-state index in [1.165, 1.54) is 28.1 Å². The number of halogens is 2. The van der Waals surface area contributed by atoms with E-state index in [1.54, 1.807) is 52.2 Å². The second-order valence-corrected chi connectivity index (χ2v) is 15.3. The van der Waals surface area contributed by atoms with E-state index in [4.69, 9.17) is 27.9 Å². The summed E-state index contributed by atoms with van der Waals surface area (Å²) in [5.74, 6) is -0.945. The first kappa shape index (κ1) is 32.1. The SMILES string of the molecule is CC(C)(C)OC(=O)[C@@H]1CCCN1S(=O)(=O)c1cnc2n1[C@](C)(Cc1ccc(-c3cncnc3)cc1)C(=O)N2c1cc(Cl)cc(Cl)c1. The molecule has 2 aliphatic rings. The summed E-state index contributed by atoms with van der Waals surface area (Å²) >= 11 is 12.6. The van der Waals surface area contributed by atoms with Gasteiger partial charge in [-0.15, -0.1) is 0 Å². The summed E-state index contributed by atoms with van der Waals surface area (Å²) in [5, 5.41) is 0.391. The topological polar surface area (TPSA) is 128 Å². The third-order valence-electron chi connectivity index (χ3n) is 8.03. The second-order valence-electron chi connectivity index (χ2n) is 12.6. The Balaban J connectivity index is 1.44. The predicted molar refractivity (Wildman–Crippen MR) is 173 cm³/mol. The Hall–Kier alpha value is -3.84. The number of amides is 1. The van der Waals surface area contributed by atoms with Crippen molar-refractivity contribution in [1.82, 2.24) is 23.8 Å². The maximum absolute atomic E-state index is 14.5. The van der Waals surface area contributed by atoms with Gasteiger partial charge in [0.2, 0.25) is 5.95 Å². The van der Waals surface area contributed by atoms with Gasteiger partial charge in [0.05, 0.1) is 11.9 Å². The number of ether oxygens (including phenoxy) is 1. The van der Waals surface area contributed by atoms with Gasteiger partial charge < -0.3 is 4.74 Å². The van der Waals surface area contributed by atoms with Gasteiger partial charge in [0, 0.05) is 41.0 Å². The van der Waals surface area contributed by atoms with Gasteiger partial charge in [-0.05, 0) is 69.9 Å². The van der Waals surface area contributed by atoms with E-state index < -0.39 is 39.1 Å². The highest BCUT2D eigenvalue weighted by Gasteiger charge is 2.53. The number of fused-ring (bicyclic) bond motifs is 1. The number of esters is 1. The van der Waals surface area contributed by atoms with Crippen LogP contribution in [0.5, 0.6) is 0 Å². The first-order chi connectivity index (χ1) is 21.7. The zero-order valence-electron chi connectivity index (χ0n) is 25.6. The minimum atomic E-state index is -4.33. The standard InChI is InChI=1S/C32H32Cl2N6O5S/c1-31(2,3)45-28(41)26-6-5-11-38(26)46(43,44)27-18-37-30-39(25-13-23(33)12-24(34)14-25)29(42)32(4,40(27)30)15-20-7-9-21(10-8-20)22-16-35-19-36-17-22/h7-10,12-14,16-19,26H,5-6,11,15H2,1-4H3/t26-,32+/m0/s1. The van der Waals surface area contributed by atoms with Crippen molar-refractivity contribution in [3.05, 3.63) is 83.0 Å². The molecule has 4 heterocycles. The summed E-state index contributed by atoms with van der Waals surface area (Å²) in [4.78, 5) is 41.6. The summed E-state index contributed by atoms with van der Waals surface area (Å²) in [6.07, 6.45) is 7.02. The minimum absolute atomic E-state index is 0.0930. The minimum Gasteiger partial charge on any atom is -0.459 e. The number of imidazole rings is 1. The lowest BCUT2D eigenvalue weighted by Gasteiger charge is -2.29. The maximum atomic E-state index is 14.5. The zero-order valence-corrected chi connectivity index (χ0v) is 28.0. The van der Waals surface area contributed by atoms with Gasteiger partial charge in [-0.1, -0.05) is 47.5 Å². The van der Waals surface area contributed by atoms with Gasteiger partial charge >= 0.3 is 5.97 Å². The lowest BCUT2D eigenvalue weighted by atomic mass is 9.91. The number of nitrogens with zero attached hydrogens (tertiary/aromatic N) is 6. The van der Waals surface area contributed by atoms with Crippen molar-refractivity contribution in [3.63, 3.8) is 0 Å². The Morgan fingerprint density at radius 1 is 1.02 bits per heavy atom. The van der Waals surface area contributed by atoms with E-state index in [-0.39, 0.29) is 23.9 Å². The molecule has 4 aromatic rings. The van der Waals surface area contributed by atoms with Gasteiger partial charge in [0.25, 0.3) is 15.9 Å². The number of carbonyl (C=O) groups excluding carboxylic acids is 2. The molecule has 240 valence electrons. The molecule has 2 aromatic carbocycles. The number of hydrogen-bond acceptors (Lipinski definition) is 8. The Bertz CT molecular complexity index is 1910. The van der Waals surface area contributed by atoms with Crippen LogP contribution in [-0.2, 0) is 36.3 Å². The van der Waals surface area contributed by atoms with Crippen molar-refractivity contribution >= 4 is 56.7 Å². The van der Waals surface area contributed by atoms with Crippen molar-refractivity contribution in [1.29, 1.82) is 0 Å². The summed E-state index contributed by atoms with van der Waals surface area (Å²) in [6.45, 7) is 7.00. The van der Waals surface area contributed by atoms with E-state index in [1.807, 2.05) is 24.3 Å². The molecule has 0 saturated carbocycles. The van der Waals surface area contributed by atoms with Crippen LogP contribution in [0.4, 0.5) is 11.6 Å². The molecule has 6 rings (SSSR count). The van der Waals surface area contributed by atoms with Crippen molar-refractivity contribution in [2.24, 2.45) is 0 Å². The third-order valence-corrected chi connectivity index (χ3v) is 10.3. The molecule has 0 aliphatic carbocycles. The highest BCUT2D eigenvalue weighted by Crippen LogP contribution is 2.45. The number of sulfonamides is 1. The predicted octanol–water partition coefficient (Wildman–Crippen LogP) is 5.78. The monoisotopic (exact) mass is 682 g/mol. The molecule has 1 amide bonds. The van der Waals surface area contributed by atoms with Crippen LogP contribution in [0.25, 0.3) is 11.1 Å². The molecule has 0 bridgehead atoms. The number of anilines is 2. The molecule has 2 aromatic heterocycles. The van der Waals surface area contributed by atoms with Crippen molar-refractivity contribution < 1.29 is 22.7 Å². The first-order valence-corrected chi connectivity index (χ1v) is 16.9. The van der Waals surface area contributed by atoms with Crippen LogP contribution in [-0.4, -0.2) is 62.3 Å². The van der Waals surface area contributed by atoms with E-state index in [0.29, 0.717) is 28.6 Å². The van der Waals surface area contributed by atoms with E-state index in [2.05, 4.69) is 15.0 Å². The number of hydrogen-bond donors (Lipinski definition) is 0. The van der Waals surface area contributed by atoms with E-state index in [9.17, 15) is 18.0 Å². The molecular weight excluding hydrogens is 651 g/mol. The van der Waals surface area contributed by atoms with Crippen LogP contribution in [0, 0.1) is 0 Å². The molecular formula is C32H32Cl2N6O5S. The van der Waals surface area contributed by atoms with E-state index in [0.717, 1.165) is 21.0 Å². The molecule has 1 fully saturated rings. The van der Waals surface area contributed by atoms with Gasteiger partial charge in [-0.3, -0.25) is 14.2 Å². The Labute approximate surface area is 277 Å². The Kier molecular flexibility index (Phi) is 8.20. The lowest BCUT2D eigenvalue weighted by Crippen LogP contribution is -2.46. The van der Waals surface area contributed by atoms with Crippen LogP contribution in [0.1, 0.15) is 46.1 Å². The molecule has 2 aliphatic heterocycles. The van der Waals surface area contributed by atoms with Gasteiger partial charge in [0.1, 0.15) is 23.5 Å². The molecule has 11 nitrogen and oxygen atoms in total. The highest BCUT2D eigenvalue weighted by molar-refractivity contribution is 7.89. The molecule has 0 radical (unpaired) electrons. The summed E-state index contributed by atoms with van der Waals surface area (Å²) in [5.41, 5.74) is 0.599.